The molecule has 9 heteroatoms. The maximum absolute atomic E-state index is 12.3. The summed E-state index contributed by atoms with van der Waals surface area (Å²) in [6.45, 7) is 3.61. The van der Waals surface area contributed by atoms with Crippen molar-refractivity contribution >= 4 is 19.8 Å². The maximum Gasteiger partial charge on any atom is 0.469 e. The van der Waals surface area contributed by atoms with E-state index in [9.17, 15) is 14.2 Å². The van der Waals surface area contributed by atoms with Gasteiger partial charge in [0.2, 0.25) is 0 Å². The molecule has 0 saturated carbocycles. The molecule has 2 N–H and O–H groups in total. The lowest BCUT2D eigenvalue weighted by Gasteiger charge is -2.18. The molecule has 0 radical (unpaired) electrons. The van der Waals surface area contributed by atoms with Gasteiger partial charge in [-0.05, 0) is 51.4 Å². The topological polar surface area (TPSA) is 119 Å². The van der Waals surface area contributed by atoms with E-state index in [1.165, 1.54) is 77.0 Å². The van der Waals surface area contributed by atoms with E-state index in [-0.39, 0.29) is 19.4 Å². The third-order valence-electron chi connectivity index (χ3n) is 7.66. The highest BCUT2D eigenvalue weighted by atomic mass is 31.2. The molecule has 1 atom stereocenters. The standard InChI is InChI=1S/C37H67O8P/c1-3-5-7-9-11-13-15-17-18-20-21-23-25-27-29-31-36(38)43-33-35(34-44-46(40,41)42)45-37(39)32-30-28-26-24-22-19-16-14-12-10-8-6-4-2/h11,13,17-18,21,23,35H,3-10,12,14-16,19-20,22,24-34H2,1-2H3,(H2,40,41,42)/b13-11+,18-17+,23-21+/t35-/m1/s1. The summed E-state index contributed by atoms with van der Waals surface area (Å²) in [4.78, 5) is 42.6. The number of hydrogen-bond acceptors (Lipinski definition) is 6. The van der Waals surface area contributed by atoms with Crippen LogP contribution in [0.5, 0.6) is 0 Å². The molecule has 0 aromatic rings. The number of esters is 2. The van der Waals surface area contributed by atoms with Gasteiger partial charge in [0, 0.05) is 12.8 Å². The highest BCUT2D eigenvalue weighted by molar-refractivity contribution is 7.46. The number of carbonyl (C=O) groups is 2. The first kappa shape index (κ1) is 44.3. The molecule has 0 heterocycles. The van der Waals surface area contributed by atoms with E-state index in [4.69, 9.17) is 19.3 Å². The van der Waals surface area contributed by atoms with Gasteiger partial charge in [0.1, 0.15) is 6.61 Å². The Morgan fingerprint density at radius 3 is 1.50 bits per heavy atom. The van der Waals surface area contributed by atoms with Crippen LogP contribution < -0.4 is 0 Å². The van der Waals surface area contributed by atoms with Crippen molar-refractivity contribution in [3.05, 3.63) is 36.5 Å². The van der Waals surface area contributed by atoms with Crippen LogP contribution in [-0.4, -0.2) is 41.0 Å². The van der Waals surface area contributed by atoms with Crippen LogP contribution in [0.1, 0.15) is 168 Å². The summed E-state index contributed by atoms with van der Waals surface area (Å²) < 4.78 is 26.2. The van der Waals surface area contributed by atoms with Crippen molar-refractivity contribution in [1.82, 2.24) is 0 Å². The van der Waals surface area contributed by atoms with E-state index in [1.54, 1.807) is 0 Å². The van der Waals surface area contributed by atoms with Gasteiger partial charge < -0.3 is 19.3 Å². The van der Waals surface area contributed by atoms with E-state index >= 15 is 0 Å². The molecule has 8 nitrogen and oxygen atoms in total. The summed E-state index contributed by atoms with van der Waals surface area (Å²) in [6, 6.07) is 0. The zero-order valence-electron chi connectivity index (χ0n) is 29.2. The Morgan fingerprint density at radius 1 is 0.565 bits per heavy atom. The van der Waals surface area contributed by atoms with Gasteiger partial charge in [0.05, 0.1) is 6.61 Å². The molecule has 0 rings (SSSR count). The molecule has 268 valence electrons. The summed E-state index contributed by atoms with van der Waals surface area (Å²) in [7, 11) is -4.75. The Labute approximate surface area is 281 Å². The minimum Gasteiger partial charge on any atom is -0.462 e. The van der Waals surface area contributed by atoms with Gasteiger partial charge >= 0.3 is 19.8 Å². The van der Waals surface area contributed by atoms with Crippen molar-refractivity contribution < 1.29 is 37.9 Å². The molecule has 0 aromatic carbocycles. The average molecular weight is 671 g/mol. The molecule has 0 saturated heterocycles. The highest BCUT2D eigenvalue weighted by Gasteiger charge is 2.22. The first-order valence-corrected chi connectivity index (χ1v) is 19.8. The number of rotatable bonds is 33. The van der Waals surface area contributed by atoms with Crippen molar-refractivity contribution in [1.29, 1.82) is 0 Å². The Kier molecular flexibility index (Phi) is 31.9. The molecule has 0 unspecified atom stereocenters. The normalized spacial score (nSPS) is 12.9. The quantitative estimate of drug-likeness (QED) is 0.0306. The minimum absolute atomic E-state index is 0.206. The number of phosphoric acid groups is 1. The van der Waals surface area contributed by atoms with Crippen molar-refractivity contribution in [3.63, 3.8) is 0 Å². The zero-order valence-corrected chi connectivity index (χ0v) is 30.1. The molecule has 0 fully saturated rings. The fourth-order valence-corrected chi connectivity index (χ4v) is 5.27. The van der Waals surface area contributed by atoms with Crippen molar-refractivity contribution in [2.75, 3.05) is 13.2 Å². The molecule has 0 aliphatic rings. The third-order valence-corrected chi connectivity index (χ3v) is 8.15. The smallest absolute Gasteiger partial charge is 0.462 e. The van der Waals surface area contributed by atoms with E-state index < -0.39 is 32.5 Å². The number of carbonyl (C=O) groups excluding carboxylic acids is 2. The van der Waals surface area contributed by atoms with Crippen LogP contribution in [0.2, 0.25) is 0 Å². The number of allylic oxidation sites excluding steroid dienone is 6. The molecule has 0 bridgehead atoms. The van der Waals surface area contributed by atoms with Crippen LogP contribution in [0.25, 0.3) is 0 Å². The van der Waals surface area contributed by atoms with Crippen molar-refractivity contribution in [2.45, 2.75) is 174 Å². The van der Waals surface area contributed by atoms with Gasteiger partial charge in [-0.2, -0.15) is 0 Å². The molecule has 0 aromatic heterocycles. The fourth-order valence-electron chi connectivity index (χ4n) is 4.91. The van der Waals surface area contributed by atoms with Gasteiger partial charge in [0.15, 0.2) is 6.10 Å². The minimum atomic E-state index is -4.75. The number of hydrogen-bond donors (Lipinski definition) is 2. The Balaban J connectivity index is 4.05. The van der Waals surface area contributed by atoms with Gasteiger partial charge in [-0.15, -0.1) is 0 Å². The molecule has 0 aliphatic heterocycles. The van der Waals surface area contributed by atoms with Crippen LogP contribution in [-0.2, 0) is 28.2 Å². The van der Waals surface area contributed by atoms with Crippen LogP contribution in [0.4, 0.5) is 0 Å². The summed E-state index contributed by atoms with van der Waals surface area (Å²) in [6.07, 6.45) is 37.2. The summed E-state index contributed by atoms with van der Waals surface area (Å²) in [5.74, 6) is -0.928. The maximum atomic E-state index is 12.3. The highest BCUT2D eigenvalue weighted by Crippen LogP contribution is 2.36. The van der Waals surface area contributed by atoms with E-state index in [0.717, 1.165) is 51.4 Å². The van der Waals surface area contributed by atoms with Crippen molar-refractivity contribution in [3.8, 4) is 0 Å². The van der Waals surface area contributed by atoms with Crippen LogP contribution in [0.15, 0.2) is 36.5 Å². The Morgan fingerprint density at radius 2 is 0.978 bits per heavy atom. The number of unbranched alkanes of at least 4 members (excludes halogenated alkanes) is 17. The van der Waals surface area contributed by atoms with Gasteiger partial charge in [-0.25, -0.2) is 4.57 Å². The molecule has 0 aliphatic carbocycles. The first-order chi connectivity index (χ1) is 22.3. The second-order valence-electron chi connectivity index (χ2n) is 12.2. The van der Waals surface area contributed by atoms with E-state index in [0.29, 0.717) is 12.8 Å². The number of ether oxygens (including phenoxy) is 2. The summed E-state index contributed by atoms with van der Waals surface area (Å²) in [5, 5.41) is 0. The SMILES string of the molecule is CCCCC/C=C/C/C=C/C/C=C/CCCCC(=O)OC[C@H](COP(=O)(O)O)OC(=O)CCCCCCCCCCCCCCC. The number of phosphoric ester groups is 1. The predicted molar refractivity (Wildman–Crippen MR) is 188 cm³/mol. The average Bonchev–Trinajstić information content (AvgIpc) is 3.02. The van der Waals surface area contributed by atoms with Crippen molar-refractivity contribution in [2.24, 2.45) is 0 Å². The lowest BCUT2D eigenvalue weighted by atomic mass is 10.0. The summed E-state index contributed by atoms with van der Waals surface area (Å²) >= 11 is 0. The van der Waals surface area contributed by atoms with Gasteiger partial charge in [-0.3, -0.25) is 14.1 Å². The molecular formula is C37H67O8P. The lowest BCUT2D eigenvalue weighted by molar-refractivity contribution is -0.161. The van der Waals surface area contributed by atoms with E-state index in [1.807, 2.05) is 0 Å². The molecule has 0 spiro atoms. The fraction of sp³-hybridized carbons (Fsp3) is 0.784. The zero-order chi connectivity index (χ0) is 34.0. The Bertz CT molecular complexity index is 848. The van der Waals surface area contributed by atoms with E-state index in [2.05, 4.69) is 54.8 Å². The largest absolute Gasteiger partial charge is 0.469 e. The van der Waals surface area contributed by atoms with Crippen LogP contribution >= 0.6 is 7.82 Å². The lowest BCUT2D eigenvalue weighted by Crippen LogP contribution is -2.29. The first-order valence-electron chi connectivity index (χ1n) is 18.3. The molecule has 46 heavy (non-hydrogen) atoms. The second-order valence-corrected chi connectivity index (χ2v) is 13.4. The monoisotopic (exact) mass is 670 g/mol. The Hall–Kier alpha value is -1.73. The third kappa shape index (κ3) is 35.1. The molecular weight excluding hydrogens is 603 g/mol. The van der Waals surface area contributed by atoms with Crippen LogP contribution in [0.3, 0.4) is 0 Å². The molecule has 0 amide bonds. The van der Waals surface area contributed by atoms with Gasteiger partial charge in [0.25, 0.3) is 0 Å². The second kappa shape index (κ2) is 33.2. The summed E-state index contributed by atoms with van der Waals surface area (Å²) in [5.41, 5.74) is 0. The predicted octanol–water partition coefficient (Wildman–Crippen LogP) is 10.6. The van der Waals surface area contributed by atoms with Gasteiger partial charge in [-0.1, -0.05) is 140 Å². The van der Waals surface area contributed by atoms with Crippen LogP contribution in [0, 0.1) is 0 Å².